The van der Waals surface area contributed by atoms with Crippen molar-refractivity contribution in [2.75, 3.05) is 20.3 Å². The first kappa shape index (κ1) is 14.5. The molecule has 0 heterocycles. The highest BCUT2D eigenvalue weighted by molar-refractivity contribution is 5.97. The Labute approximate surface area is 108 Å². The summed E-state index contributed by atoms with van der Waals surface area (Å²) >= 11 is 0. The number of methoxy groups -OCH3 is 1. The van der Waals surface area contributed by atoms with E-state index in [1.807, 2.05) is 32.9 Å². The smallest absolute Gasteiger partial charge is 0.257 e. The summed E-state index contributed by atoms with van der Waals surface area (Å²) in [5.41, 5.74) is 1.55. The molecule has 0 aliphatic carbocycles. The monoisotopic (exact) mass is 251 g/mol. The van der Waals surface area contributed by atoms with E-state index in [4.69, 9.17) is 9.84 Å². The summed E-state index contributed by atoms with van der Waals surface area (Å²) in [4.78, 5) is 14.1. The number of ether oxygens (including phenoxy) is 1. The van der Waals surface area contributed by atoms with Gasteiger partial charge in [-0.1, -0.05) is 11.6 Å². The van der Waals surface area contributed by atoms with Crippen molar-refractivity contribution in [1.82, 2.24) is 4.90 Å². The van der Waals surface area contributed by atoms with Crippen LogP contribution in [0.5, 0.6) is 5.75 Å². The molecular formula is C14H21NO3. The average Bonchev–Trinajstić information content (AvgIpc) is 2.34. The summed E-state index contributed by atoms with van der Waals surface area (Å²) in [6.07, 6.45) is 0. The van der Waals surface area contributed by atoms with Crippen LogP contribution in [0.4, 0.5) is 0 Å². The first-order valence-electron chi connectivity index (χ1n) is 6.07. The second kappa shape index (κ2) is 6.40. The molecule has 100 valence electrons. The summed E-state index contributed by atoms with van der Waals surface area (Å²) < 4.78 is 5.22. The van der Waals surface area contributed by atoms with E-state index in [2.05, 4.69) is 0 Å². The van der Waals surface area contributed by atoms with Gasteiger partial charge in [0, 0.05) is 12.6 Å². The molecule has 0 aliphatic rings. The molecule has 0 saturated carbocycles. The van der Waals surface area contributed by atoms with Crippen molar-refractivity contribution in [3.05, 3.63) is 29.3 Å². The Kier molecular flexibility index (Phi) is 5.16. The Morgan fingerprint density at radius 3 is 2.61 bits per heavy atom. The second-order valence-corrected chi connectivity index (χ2v) is 4.52. The van der Waals surface area contributed by atoms with Crippen molar-refractivity contribution in [1.29, 1.82) is 0 Å². The Bertz CT molecular complexity index is 416. The van der Waals surface area contributed by atoms with E-state index in [0.29, 0.717) is 17.9 Å². The van der Waals surface area contributed by atoms with Gasteiger partial charge in [0.15, 0.2) is 0 Å². The Balaban J connectivity index is 3.11. The number of aryl methyl sites for hydroxylation is 1. The lowest BCUT2D eigenvalue weighted by Gasteiger charge is -2.26. The SMILES string of the molecule is COc1ccc(C)cc1C(=O)N(CCO)C(C)C. The molecular weight excluding hydrogens is 230 g/mol. The molecule has 4 heteroatoms. The highest BCUT2D eigenvalue weighted by Gasteiger charge is 2.21. The number of benzene rings is 1. The first-order chi connectivity index (χ1) is 8.51. The molecule has 0 radical (unpaired) electrons. The van der Waals surface area contributed by atoms with Gasteiger partial charge in [-0.3, -0.25) is 4.79 Å². The molecule has 0 bridgehead atoms. The molecule has 18 heavy (non-hydrogen) atoms. The molecule has 1 aromatic carbocycles. The maximum absolute atomic E-state index is 12.4. The van der Waals surface area contributed by atoms with Crippen LogP contribution in [-0.2, 0) is 0 Å². The third-order valence-corrected chi connectivity index (χ3v) is 2.81. The van der Waals surface area contributed by atoms with Gasteiger partial charge in [-0.2, -0.15) is 0 Å². The fourth-order valence-electron chi connectivity index (χ4n) is 1.85. The van der Waals surface area contributed by atoms with Gasteiger partial charge in [0.05, 0.1) is 19.3 Å². The van der Waals surface area contributed by atoms with Gasteiger partial charge >= 0.3 is 0 Å². The molecule has 1 rings (SSSR count). The number of carbonyl (C=O) groups is 1. The van der Waals surface area contributed by atoms with E-state index in [9.17, 15) is 4.79 Å². The summed E-state index contributed by atoms with van der Waals surface area (Å²) in [7, 11) is 1.55. The van der Waals surface area contributed by atoms with Gasteiger partial charge in [-0.15, -0.1) is 0 Å². The third kappa shape index (κ3) is 3.23. The summed E-state index contributed by atoms with van der Waals surface area (Å²) in [6, 6.07) is 5.55. The normalized spacial score (nSPS) is 10.6. The molecule has 0 atom stereocenters. The molecule has 4 nitrogen and oxygen atoms in total. The predicted molar refractivity (Wildman–Crippen MR) is 71.0 cm³/mol. The lowest BCUT2D eigenvalue weighted by atomic mass is 10.1. The van der Waals surface area contributed by atoms with Crippen molar-refractivity contribution >= 4 is 5.91 Å². The zero-order chi connectivity index (χ0) is 13.7. The van der Waals surface area contributed by atoms with Crippen LogP contribution in [0.3, 0.4) is 0 Å². The summed E-state index contributed by atoms with van der Waals surface area (Å²) in [5.74, 6) is 0.453. The molecule has 1 N–H and O–H groups in total. The van der Waals surface area contributed by atoms with Crippen LogP contribution in [0.15, 0.2) is 18.2 Å². The van der Waals surface area contributed by atoms with Crippen molar-refractivity contribution in [3.63, 3.8) is 0 Å². The number of carbonyl (C=O) groups excluding carboxylic acids is 1. The number of aliphatic hydroxyl groups excluding tert-OH is 1. The first-order valence-corrected chi connectivity index (χ1v) is 6.07. The minimum absolute atomic E-state index is 0.0369. The van der Waals surface area contributed by atoms with Crippen LogP contribution in [0.25, 0.3) is 0 Å². The number of hydrogen-bond acceptors (Lipinski definition) is 3. The van der Waals surface area contributed by atoms with E-state index in [1.165, 1.54) is 0 Å². The molecule has 0 saturated heterocycles. The molecule has 0 aromatic heterocycles. The quantitative estimate of drug-likeness (QED) is 0.868. The minimum atomic E-state index is -0.111. The minimum Gasteiger partial charge on any atom is -0.496 e. The fraction of sp³-hybridized carbons (Fsp3) is 0.500. The third-order valence-electron chi connectivity index (χ3n) is 2.81. The van der Waals surface area contributed by atoms with Crippen molar-refractivity contribution in [3.8, 4) is 5.75 Å². The molecule has 0 aliphatic heterocycles. The maximum Gasteiger partial charge on any atom is 0.257 e. The van der Waals surface area contributed by atoms with Crippen LogP contribution in [0.1, 0.15) is 29.8 Å². The number of aliphatic hydroxyl groups is 1. The van der Waals surface area contributed by atoms with Gasteiger partial charge in [-0.25, -0.2) is 0 Å². The number of amides is 1. The van der Waals surface area contributed by atoms with Crippen molar-refractivity contribution in [2.45, 2.75) is 26.8 Å². The molecule has 0 fully saturated rings. The average molecular weight is 251 g/mol. The van der Waals surface area contributed by atoms with E-state index < -0.39 is 0 Å². The van der Waals surface area contributed by atoms with Crippen LogP contribution >= 0.6 is 0 Å². The van der Waals surface area contributed by atoms with Gasteiger partial charge in [-0.05, 0) is 32.9 Å². The van der Waals surface area contributed by atoms with Crippen LogP contribution in [-0.4, -0.2) is 42.2 Å². The van der Waals surface area contributed by atoms with Crippen molar-refractivity contribution in [2.24, 2.45) is 0 Å². The Hall–Kier alpha value is -1.55. The lowest BCUT2D eigenvalue weighted by molar-refractivity contribution is 0.0662. The number of hydrogen-bond donors (Lipinski definition) is 1. The van der Waals surface area contributed by atoms with E-state index in [1.54, 1.807) is 18.1 Å². The molecule has 0 unspecified atom stereocenters. The highest BCUT2D eigenvalue weighted by atomic mass is 16.5. The highest BCUT2D eigenvalue weighted by Crippen LogP contribution is 2.22. The van der Waals surface area contributed by atoms with Crippen LogP contribution in [0.2, 0.25) is 0 Å². The second-order valence-electron chi connectivity index (χ2n) is 4.52. The topological polar surface area (TPSA) is 49.8 Å². The molecule has 1 aromatic rings. The summed E-state index contributed by atoms with van der Waals surface area (Å²) in [6.45, 7) is 6.07. The predicted octanol–water partition coefficient (Wildman–Crippen LogP) is 1.85. The fourth-order valence-corrected chi connectivity index (χ4v) is 1.85. The number of rotatable bonds is 5. The lowest BCUT2D eigenvalue weighted by Crippen LogP contribution is -2.39. The number of nitrogens with zero attached hydrogens (tertiary/aromatic N) is 1. The molecule has 1 amide bonds. The van der Waals surface area contributed by atoms with Gasteiger partial charge in [0.25, 0.3) is 5.91 Å². The van der Waals surface area contributed by atoms with Gasteiger partial charge < -0.3 is 14.7 Å². The van der Waals surface area contributed by atoms with Crippen LogP contribution < -0.4 is 4.74 Å². The van der Waals surface area contributed by atoms with Gasteiger partial charge in [0.1, 0.15) is 5.75 Å². The van der Waals surface area contributed by atoms with E-state index >= 15 is 0 Å². The Morgan fingerprint density at radius 1 is 1.44 bits per heavy atom. The van der Waals surface area contributed by atoms with Crippen molar-refractivity contribution < 1.29 is 14.6 Å². The zero-order valence-corrected chi connectivity index (χ0v) is 11.4. The van der Waals surface area contributed by atoms with Gasteiger partial charge in [0.2, 0.25) is 0 Å². The van der Waals surface area contributed by atoms with E-state index in [0.717, 1.165) is 5.56 Å². The van der Waals surface area contributed by atoms with E-state index in [-0.39, 0.29) is 18.6 Å². The summed E-state index contributed by atoms with van der Waals surface area (Å²) in [5, 5.41) is 9.04. The Morgan fingerprint density at radius 2 is 2.11 bits per heavy atom. The molecule has 0 spiro atoms. The maximum atomic E-state index is 12.4. The largest absolute Gasteiger partial charge is 0.496 e. The van der Waals surface area contributed by atoms with Crippen LogP contribution in [0, 0.1) is 6.92 Å². The zero-order valence-electron chi connectivity index (χ0n) is 11.4. The standard InChI is InChI=1S/C14H21NO3/c1-10(2)15(7-8-16)14(17)12-9-11(3)5-6-13(12)18-4/h5-6,9-10,16H,7-8H2,1-4H3.